The number of aliphatic hydroxyl groups is 1. The Morgan fingerprint density at radius 3 is 2.20 bits per heavy atom. The fraction of sp³-hybridized carbons (Fsp3) is 0.280. The molecule has 2 atom stereocenters. The second-order valence-electron chi connectivity index (χ2n) is 8.12. The first-order valence-electron chi connectivity index (χ1n) is 11.4. The van der Waals surface area contributed by atoms with Crippen LogP contribution in [0.15, 0.2) is 66.1 Å². The predicted octanol–water partition coefficient (Wildman–Crippen LogP) is 5.60. The first-order chi connectivity index (χ1) is 18.9. The summed E-state index contributed by atoms with van der Waals surface area (Å²) in [7, 11) is 0. The largest absolute Gasteiger partial charge is 0.509 e. The number of amides is 2. The van der Waals surface area contributed by atoms with E-state index >= 15 is 0 Å². The molecule has 0 spiro atoms. The number of nitrogens with one attached hydrogen (secondary N) is 1. The molecular weight excluding hydrogens is 675 g/mol. The van der Waals surface area contributed by atoms with Gasteiger partial charge in [-0.1, -0.05) is 87.1 Å². The van der Waals surface area contributed by atoms with Gasteiger partial charge >= 0.3 is 11.3 Å². The Kier molecular flexibility index (Phi) is 11.4. The molecule has 2 N–H and O–H groups in total. The Morgan fingerprint density at radius 2 is 1.73 bits per heavy atom. The van der Waals surface area contributed by atoms with Gasteiger partial charge in [0, 0.05) is 13.0 Å². The minimum Gasteiger partial charge on any atom is -0.509 e. The number of carbonyl (C=O) groups is 4. The number of hydrogen-bond donors (Lipinski definition) is 2. The van der Waals surface area contributed by atoms with Crippen LogP contribution in [0.1, 0.15) is 12.5 Å². The highest BCUT2D eigenvalue weighted by Gasteiger charge is 2.54. The number of allylic oxidation sites excluding steroid dienone is 1. The number of rotatable bonds is 8. The lowest BCUT2D eigenvalue weighted by atomic mass is 10.1. The first-order valence-corrected chi connectivity index (χ1v) is 14.5. The van der Waals surface area contributed by atoms with Gasteiger partial charge in [0.1, 0.15) is 41.9 Å². The maximum atomic E-state index is 12.7. The van der Waals surface area contributed by atoms with E-state index < -0.39 is 56.4 Å². The molecule has 0 saturated carbocycles. The maximum absolute atomic E-state index is 12.7. The van der Waals surface area contributed by atoms with Crippen molar-refractivity contribution in [2.24, 2.45) is 0 Å². The molecule has 10 nitrogen and oxygen atoms in total. The van der Waals surface area contributed by atoms with E-state index in [0.29, 0.717) is 11.8 Å². The third kappa shape index (κ3) is 8.93. The Labute approximate surface area is 257 Å². The smallest absolute Gasteiger partial charge is 0.369 e. The number of fused-ring (bicyclic) bond motifs is 2. The number of thioether (sulfide) groups is 1. The highest BCUT2D eigenvalue weighted by Crippen LogP contribution is 2.37. The average Bonchev–Trinajstić information content (AvgIpc) is 2.91. The SMILES string of the molecule is CC(=O)NC1C(=O)N(C(C(=O)OCC(Cl)(Cl)Cl)=C(O)CBr)C1SC(=O)OCc1ccccc1.c1cc2cc(c1)O2. The van der Waals surface area contributed by atoms with Crippen molar-refractivity contribution in [3.63, 3.8) is 0 Å². The van der Waals surface area contributed by atoms with E-state index in [0.717, 1.165) is 22.0 Å². The summed E-state index contributed by atoms with van der Waals surface area (Å²) in [6, 6.07) is 15.6. The van der Waals surface area contributed by atoms with Crippen molar-refractivity contribution in [3.8, 4) is 11.5 Å². The summed E-state index contributed by atoms with van der Waals surface area (Å²) in [4.78, 5) is 50.1. The number of esters is 1. The monoisotopic (exact) mass is 694 g/mol. The number of benzene rings is 2. The average molecular weight is 697 g/mol. The van der Waals surface area contributed by atoms with E-state index in [4.69, 9.17) is 49.0 Å². The predicted molar refractivity (Wildman–Crippen MR) is 154 cm³/mol. The minimum atomic E-state index is -1.93. The van der Waals surface area contributed by atoms with E-state index in [1.165, 1.54) is 6.92 Å². The lowest BCUT2D eigenvalue weighted by Crippen LogP contribution is -2.69. The zero-order valence-corrected chi connectivity index (χ0v) is 25.3. The van der Waals surface area contributed by atoms with Crippen molar-refractivity contribution in [2.45, 2.75) is 28.7 Å². The van der Waals surface area contributed by atoms with E-state index in [-0.39, 0.29) is 11.9 Å². The van der Waals surface area contributed by atoms with Crippen molar-refractivity contribution in [1.82, 2.24) is 10.2 Å². The molecule has 2 bridgehead atoms. The van der Waals surface area contributed by atoms with Crippen LogP contribution in [0.5, 0.6) is 11.5 Å². The van der Waals surface area contributed by atoms with Crippen molar-refractivity contribution >= 4 is 85.6 Å². The molecule has 3 aliphatic heterocycles. The number of nitrogens with zero attached hydrogens (tertiary/aromatic N) is 1. The van der Waals surface area contributed by atoms with Crippen LogP contribution >= 0.6 is 62.5 Å². The molecule has 15 heteroatoms. The molecular formula is C25H22BrCl3N2O8S. The summed E-state index contributed by atoms with van der Waals surface area (Å²) in [6.45, 7) is 0.496. The van der Waals surface area contributed by atoms with Gasteiger partial charge < -0.3 is 24.6 Å². The minimum absolute atomic E-state index is 0.0290. The van der Waals surface area contributed by atoms with Gasteiger partial charge in [0.15, 0.2) is 5.70 Å². The molecule has 214 valence electrons. The molecule has 1 fully saturated rings. The normalized spacial score (nSPS) is 17.5. The van der Waals surface area contributed by atoms with Crippen LogP contribution in [0.3, 0.4) is 0 Å². The lowest BCUT2D eigenvalue weighted by molar-refractivity contribution is -0.152. The molecule has 2 unspecified atom stereocenters. The van der Waals surface area contributed by atoms with E-state index in [2.05, 4.69) is 21.2 Å². The quantitative estimate of drug-likeness (QED) is 0.102. The fourth-order valence-electron chi connectivity index (χ4n) is 3.34. The molecule has 3 aliphatic rings. The van der Waals surface area contributed by atoms with Gasteiger partial charge in [-0.25, -0.2) is 9.59 Å². The van der Waals surface area contributed by atoms with Crippen LogP contribution in [-0.4, -0.2) is 60.2 Å². The van der Waals surface area contributed by atoms with Gasteiger partial charge in [-0.15, -0.1) is 0 Å². The summed E-state index contributed by atoms with van der Waals surface area (Å²) < 4.78 is 13.2. The third-order valence-electron chi connectivity index (χ3n) is 5.06. The van der Waals surface area contributed by atoms with Crippen LogP contribution in [-0.2, 0) is 30.5 Å². The number of β-lactam (4-membered cyclic amide) rings is 1. The van der Waals surface area contributed by atoms with Crippen LogP contribution in [0.2, 0.25) is 0 Å². The van der Waals surface area contributed by atoms with E-state index in [1.54, 1.807) is 24.3 Å². The molecule has 2 amide bonds. The van der Waals surface area contributed by atoms with Crippen molar-refractivity contribution in [3.05, 3.63) is 71.6 Å². The maximum Gasteiger partial charge on any atom is 0.369 e. The van der Waals surface area contributed by atoms with E-state index in [9.17, 15) is 24.3 Å². The molecule has 3 heterocycles. The zero-order chi connectivity index (χ0) is 29.4. The Bertz CT molecular complexity index is 1270. The molecule has 0 aromatic heterocycles. The highest BCUT2D eigenvalue weighted by molar-refractivity contribution is 9.09. The molecule has 0 aliphatic carbocycles. The second-order valence-corrected chi connectivity index (χ2v) is 12.2. The first kappa shape index (κ1) is 31.9. The van der Waals surface area contributed by atoms with Crippen molar-refractivity contribution < 1.29 is 38.5 Å². The van der Waals surface area contributed by atoms with Crippen LogP contribution in [0.4, 0.5) is 4.79 Å². The number of carbonyl (C=O) groups excluding carboxylic acids is 4. The lowest BCUT2D eigenvalue weighted by Gasteiger charge is -2.45. The fourth-order valence-corrected chi connectivity index (χ4v) is 4.73. The summed E-state index contributed by atoms with van der Waals surface area (Å²) >= 11 is 20.3. The van der Waals surface area contributed by atoms with E-state index in [1.807, 2.05) is 30.3 Å². The topological polar surface area (TPSA) is 131 Å². The standard InChI is InChI=1S/C19H18BrCl3N2O7S.C6H4O/c1-10(26)24-13-15(28)25(14(12(27)7-20)17(29)32-9-19(21,22)23)16(13)33-18(30)31-8-11-5-3-2-4-6-11;1-2-5-4-6(3-1)7-5/h2-6,13,16,27H,7-9H2,1H3,(H,24,26);1-4H. The Hall–Kier alpha value is -2.64. The molecule has 1 saturated heterocycles. The molecule has 0 radical (unpaired) electrons. The van der Waals surface area contributed by atoms with Crippen LogP contribution in [0, 0.1) is 0 Å². The van der Waals surface area contributed by atoms with Crippen LogP contribution < -0.4 is 10.1 Å². The number of aliphatic hydroxyl groups excluding tert-OH is 1. The number of likely N-dealkylation sites (tertiary alicyclic amines) is 1. The molecule has 5 rings (SSSR count). The number of ether oxygens (including phenoxy) is 3. The molecule has 2 aromatic carbocycles. The summed E-state index contributed by atoms with van der Waals surface area (Å²) in [6.07, 6.45) is 0. The third-order valence-corrected chi connectivity index (χ3v) is 6.95. The van der Waals surface area contributed by atoms with Gasteiger partial charge in [-0.3, -0.25) is 14.5 Å². The van der Waals surface area contributed by atoms with Crippen molar-refractivity contribution in [2.75, 3.05) is 11.9 Å². The van der Waals surface area contributed by atoms with Gasteiger partial charge in [-0.05, 0) is 29.5 Å². The summed E-state index contributed by atoms with van der Waals surface area (Å²) in [5, 5.41) is 10.6. The molecule has 2 aromatic rings. The second kappa shape index (κ2) is 14.3. The highest BCUT2D eigenvalue weighted by atomic mass is 79.9. The number of alkyl halides is 4. The summed E-state index contributed by atoms with van der Waals surface area (Å²) in [5.41, 5.74) is 0.167. The van der Waals surface area contributed by atoms with Crippen LogP contribution in [0.25, 0.3) is 0 Å². The van der Waals surface area contributed by atoms with Gasteiger partial charge in [-0.2, -0.15) is 0 Å². The number of hydrogen-bond acceptors (Lipinski definition) is 9. The summed E-state index contributed by atoms with van der Waals surface area (Å²) in [5.74, 6) is -1.06. The van der Waals surface area contributed by atoms with Gasteiger partial charge in [0.25, 0.3) is 5.91 Å². The van der Waals surface area contributed by atoms with Gasteiger partial charge in [0.05, 0.1) is 5.33 Å². The molecule has 40 heavy (non-hydrogen) atoms. The Morgan fingerprint density at radius 1 is 1.10 bits per heavy atom. The zero-order valence-electron chi connectivity index (χ0n) is 20.6. The Balaban J connectivity index is 0.000000535. The van der Waals surface area contributed by atoms with Gasteiger partial charge in [0.2, 0.25) is 9.70 Å². The number of halogens is 4. The van der Waals surface area contributed by atoms with Crippen molar-refractivity contribution in [1.29, 1.82) is 0 Å².